The Hall–Kier alpha value is -1.84. The van der Waals surface area contributed by atoms with E-state index in [9.17, 15) is 10.1 Å². The molecule has 1 N–H and O–H groups in total. The maximum absolute atomic E-state index is 12.0. The van der Waals surface area contributed by atoms with Crippen molar-refractivity contribution in [3.63, 3.8) is 0 Å². The minimum absolute atomic E-state index is 0.121. The Bertz CT molecular complexity index is 661. The Balaban J connectivity index is 1.71. The van der Waals surface area contributed by atoms with Crippen molar-refractivity contribution in [1.29, 1.82) is 5.26 Å². The van der Waals surface area contributed by atoms with E-state index in [1.54, 1.807) is 12.4 Å². The monoisotopic (exact) mass is 362 g/mol. The van der Waals surface area contributed by atoms with Gasteiger partial charge in [-0.3, -0.25) is 10.4 Å². The Labute approximate surface area is 153 Å². The molecule has 6 nitrogen and oxygen atoms in total. The van der Waals surface area contributed by atoms with Crippen molar-refractivity contribution in [3.05, 3.63) is 29.0 Å². The molecule has 2 fully saturated rings. The number of hydrogen-bond acceptors (Lipinski definition) is 5. The third-order valence-corrected chi connectivity index (χ3v) is 5.42. The number of pyridine rings is 1. The first-order valence-electron chi connectivity index (χ1n) is 8.82. The fraction of sp³-hybridized carbons (Fsp3) is 0.611. The van der Waals surface area contributed by atoms with Gasteiger partial charge in [0.05, 0.1) is 23.1 Å². The van der Waals surface area contributed by atoms with Gasteiger partial charge in [-0.1, -0.05) is 24.9 Å². The molecule has 1 amide bonds. The van der Waals surface area contributed by atoms with E-state index in [1.165, 1.54) is 0 Å². The van der Waals surface area contributed by atoms with E-state index < -0.39 is 11.5 Å². The number of hydrazine groups is 1. The van der Waals surface area contributed by atoms with Gasteiger partial charge in [-0.2, -0.15) is 5.26 Å². The zero-order valence-corrected chi connectivity index (χ0v) is 15.1. The van der Waals surface area contributed by atoms with Crippen LogP contribution in [0.3, 0.4) is 0 Å². The van der Waals surface area contributed by atoms with Crippen LogP contribution in [-0.4, -0.2) is 34.8 Å². The summed E-state index contributed by atoms with van der Waals surface area (Å²) in [5, 5.41) is 12.4. The first-order chi connectivity index (χ1) is 12.1. The molecule has 2 bridgehead atoms. The van der Waals surface area contributed by atoms with Gasteiger partial charge in [0.15, 0.2) is 0 Å². The van der Waals surface area contributed by atoms with Crippen molar-refractivity contribution in [2.24, 2.45) is 0 Å². The molecule has 0 aromatic carbocycles. The van der Waals surface area contributed by atoms with Crippen LogP contribution in [0.2, 0.25) is 5.02 Å². The van der Waals surface area contributed by atoms with Gasteiger partial charge in [-0.05, 0) is 43.7 Å². The Morgan fingerprint density at radius 2 is 2.20 bits per heavy atom. The van der Waals surface area contributed by atoms with E-state index in [0.717, 1.165) is 31.2 Å². The average molecular weight is 363 g/mol. The number of fused-ring (bicyclic) bond motifs is 2. The molecule has 25 heavy (non-hydrogen) atoms. The molecule has 1 aromatic rings. The SMILES string of the molecule is CCCCOC(=O)NN1C2CCC1CC(C#N)(c1cncc(Cl)c1)C2. The van der Waals surface area contributed by atoms with Crippen LogP contribution in [0.1, 0.15) is 51.0 Å². The molecule has 0 saturated carbocycles. The summed E-state index contributed by atoms with van der Waals surface area (Å²) >= 11 is 6.07. The molecule has 134 valence electrons. The van der Waals surface area contributed by atoms with Crippen LogP contribution < -0.4 is 5.43 Å². The van der Waals surface area contributed by atoms with E-state index in [2.05, 4.69) is 23.4 Å². The number of piperidine rings is 1. The van der Waals surface area contributed by atoms with Crippen LogP contribution >= 0.6 is 11.6 Å². The molecular formula is C18H23ClN4O2. The minimum atomic E-state index is -0.603. The van der Waals surface area contributed by atoms with Gasteiger partial charge in [0.2, 0.25) is 0 Å². The third kappa shape index (κ3) is 3.73. The lowest BCUT2D eigenvalue weighted by Crippen LogP contribution is -2.56. The molecule has 0 aliphatic carbocycles. The standard InChI is InChI=1S/C18H23ClN4O2/c1-2-3-6-25-17(24)22-23-15-4-5-16(23)9-18(8-15,12-20)13-7-14(19)11-21-10-13/h7,10-11,15-16H,2-6,8-9H2,1H3,(H,22,24). The second-order valence-electron chi connectivity index (χ2n) is 6.89. The topological polar surface area (TPSA) is 78.2 Å². The number of unbranched alkanes of at least 4 members (excludes halogenated alkanes) is 1. The van der Waals surface area contributed by atoms with Gasteiger partial charge in [0.25, 0.3) is 0 Å². The lowest BCUT2D eigenvalue weighted by atomic mass is 9.72. The number of nitrogens with one attached hydrogen (secondary N) is 1. The number of hydrogen-bond donors (Lipinski definition) is 1. The third-order valence-electron chi connectivity index (χ3n) is 5.21. The molecule has 1 aromatic heterocycles. The Kier molecular flexibility index (Phi) is 5.45. The summed E-state index contributed by atoms with van der Waals surface area (Å²) in [6, 6.07) is 4.58. The summed E-state index contributed by atoms with van der Waals surface area (Å²) < 4.78 is 5.20. The van der Waals surface area contributed by atoms with E-state index in [0.29, 0.717) is 24.5 Å². The Morgan fingerprint density at radius 1 is 1.48 bits per heavy atom. The maximum atomic E-state index is 12.0. The number of ether oxygens (including phenoxy) is 1. The maximum Gasteiger partial charge on any atom is 0.421 e. The average Bonchev–Trinajstić information content (AvgIpc) is 2.84. The predicted octanol–water partition coefficient (Wildman–Crippen LogP) is 3.56. The van der Waals surface area contributed by atoms with Crippen LogP contribution in [0.15, 0.2) is 18.5 Å². The van der Waals surface area contributed by atoms with Crippen LogP contribution in [0.4, 0.5) is 4.79 Å². The Morgan fingerprint density at radius 3 is 2.80 bits per heavy atom. The van der Waals surface area contributed by atoms with Crippen LogP contribution in [0, 0.1) is 11.3 Å². The molecule has 2 saturated heterocycles. The molecule has 0 radical (unpaired) electrons. The number of carbonyl (C=O) groups excluding carboxylic acids is 1. The smallest absolute Gasteiger partial charge is 0.421 e. The van der Waals surface area contributed by atoms with E-state index in [4.69, 9.17) is 16.3 Å². The zero-order chi connectivity index (χ0) is 17.9. The molecule has 2 aliphatic rings. The van der Waals surface area contributed by atoms with Gasteiger partial charge in [-0.15, -0.1) is 0 Å². The quantitative estimate of drug-likeness (QED) is 0.810. The number of amides is 1. The fourth-order valence-corrected chi connectivity index (χ4v) is 4.12. The molecular weight excluding hydrogens is 340 g/mol. The first-order valence-corrected chi connectivity index (χ1v) is 9.20. The second-order valence-corrected chi connectivity index (χ2v) is 7.32. The molecule has 2 atom stereocenters. The van der Waals surface area contributed by atoms with Crippen LogP contribution in [0.25, 0.3) is 0 Å². The number of nitrogens with zero attached hydrogens (tertiary/aromatic N) is 3. The molecule has 2 aliphatic heterocycles. The second kappa shape index (κ2) is 7.59. The molecule has 3 heterocycles. The largest absolute Gasteiger partial charge is 0.449 e. The van der Waals surface area contributed by atoms with Gasteiger partial charge in [-0.25, -0.2) is 9.80 Å². The predicted molar refractivity (Wildman–Crippen MR) is 93.8 cm³/mol. The van der Waals surface area contributed by atoms with Crippen LogP contribution in [0.5, 0.6) is 0 Å². The van der Waals surface area contributed by atoms with Crippen LogP contribution in [-0.2, 0) is 10.2 Å². The fourth-order valence-electron chi connectivity index (χ4n) is 3.94. The highest BCUT2D eigenvalue weighted by molar-refractivity contribution is 6.30. The van der Waals surface area contributed by atoms with Gasteiger partial charge in [0.1, 0.15) is 0 Å². The number of nitriles is 1. The highest BCUT2D eigenvalue weighted by Gasteiger charge is 2.50. The highest BCUT2D eigenvalue weighted by Crippen LogP contribution is 2.46. The van der Waals surface area contributed by atoms with E-state index >= 15 is 0 Å². The molecule has 7 heteroatoms. The first kappa shape index (κ1) is 18.0. The van der Waals surface area contributed by atoms with Crippen molar-refractivity contribution >= 4 is 17.7 Å². The van der Waals surface area contributed by atoms with E-state index in [-0.39, 0.29) is 12.1 Å². The van der Waals surface area contributed by atoms with Crippen molar-refractivity contribution in [3.8, 4) is 6.07 Å². The summed E-state index contributed by atoms with van der Waals surface area (Å²) in [5.41, 5.74) is 3.15. The highest BCUT2D eigenvalue weighted by atomic mass is 35.5. The molecule has 0 spiro atoms. The van der Waals surface area contributed by atoms with Crippen molar-refractivity contribution in [2.75, 3.05) is 6.61 Å². The van der Waals surface area contributed by atoms with Gasteiger partial charge >= 0.3 is 6.09 Å². The van der Waals surface area contributed by atoms with E-state index in [1.807, 2.05) is 11.1 Å². The number of carbonyl (C=O) groups is 1. The number of halogens is 1. The summed E-state index contributed by atoms with van der Waals surface area (Å²) in [6.07, 6.45) is 7.97. The summed E-state index contributed by atoms with van der Waals surface area (Å²) in [5.74, 6) is 0. The minimum Gasteiger partial charge on any atom is -0.449 e. The molecule has 2 unspecified atom stereocenters. The van der Waals surface area contributed by atoms with Crippen molar-refractivity contribution in [1.82, 2.24) is 15.4 Å². The number of aromatic nitrogens is 1. The number of rotatable bonds is 5. The normalized spacial score (nSPS) is 28.4. The summed E-state index contributed by atoms with van der Waals surface area (Å²) in [4.78, 5) is 16.1. The lowest BCUT2D eigenvalue weighted by molar-refractivity contribution is 0.0398. The summed E-state index contributed by atoms with van der Waals surface area (Å²) in [7, 11) is 0. The lowest BCUT2D eigenvalue weighted by Gasteiger charge is -2.42. The molecule has 3 rings (SSSR count). The van der Waals surface area contributed by atoms with Gasteiger partial charge in [0, 0.05) is 24.5 Å². The zero-order valence-electron chi connectivity index (χ0n) is 14.4. The van der Waals surface area contributed by atoms with Gasteiger partial charge < -0.3 is 4.74 Å². The van der Waals surface area contributed by atoms with Crippen molar-refractivity contribution < 1.29 is 9.53 Å². The summed E-state index contributed by atoms with van der Waals surface area (Å²) in [6.45, 7) is 2.49. The van der Waals surface area contributed by atoms with Crippen molar-refractivity contribution in [2.45, 2.75) is 62.9 Å².